The molecular weight excluding hydrogens is 541 g/mol. The number of rotatable bonds is 8. The lowest BCUT2D eigenvalue weighted by molar-refractivity contribution is -0.137. The van der Waals surface area contributed by atoms with Crippen molar-refractivity contribution in [3.05, 3.63) is 81.8 Å². The highest BCUT2D eigenvalue weighted by Crippen LogP contribution is 2.32. The van der Waals surface area contributed by atoms with Gasteiger partial charge in [0.15, 0.2) is 11.8 Å². The smallest absolute Gasteiger partial charge is 0.416 e. The number of carbonyl (C=O) groups excluding carboxylic acids is 3. The number of thiazole rings is 1. The third-order valence-electron chi connectivity index (χ3n) is 4.99. The standard InChI is InChI=1S/C23H17F3N2O5S2.ClH/c24-23(25,26)15-3-1-2-14(9-15)18(33-21(30)17-11-34-12-27-17)10-32-16-6-4-13(5-7-16)8-19-20(29)28-22(31)35-19;/h1-7,9,11-12,18-19H,8,10H2,(H,28,29,31);1H/t18-,19?;/m0./s1. The van der Waals surface area contributed by atoms with Gasteiger partial charge in [0.05, 0.1) is 16.3 Å². The first-order chi connectivity index (χ1) is 16.7. The summed E-state index contributed by atoms with van der Waals surface area (Å²) in [5, 5.41) is 2.81. The molecule has 2 heterocycles. The van der Waals surface area contributed by atoms with Crippen LogP contribution in [0.2, 0.25) is 0 Å². The van der Waals surface area contributed by atoms with Gasteiger partial charge < -0.3 is 9.47 Å². The van der Waals surface area contributed by atoms with Gasteiger partial charge in [-0.15, -0.1) is 23.7 Å². The summed E-state index contributed by atoms with van der Waals surface area (Å²) in [5.41, 5.74) is 1.53. The van der Waals surface area contributed by atoms with Gasteiger partial charge in [-0.05, 0) is 41.8 Å². The number of nitrogens with one attached hydrogen (secondary N) is 1. The summed E-state index contributed by atoms with van der Waals surface area (Å²) in [5.74, 6) is -0.740. The minimum absolute atomic E-state index is 0. The summed E-state index contributed by atoms with van der Waals surface area (Å²) in [6, 6.07) is 11.2. The number of thioether (sulfide) groups is 1. The van der Waals surface area contributed by atoms with Crippen molar-refractivity contribution in [1.82, 2.24) is 10.3 Å². The van der Waals surface area contributed by atoms with Gasteiger partial charge in [-0.2, -0.15) is 13.2 Å². The molecule has 7 nitrogen and oxygen atoms in total. The summed E-state index contributed by atoms with van der Waals surface area (Å²) in [7, 11) is 0. The van der Waals surface area contributed by atoms with Gasteiger partial charge in [-0.3, -0.25) is 14.9 Å². The molecule has 1 unspecified atom stereocenters. The minimum atomic E-state index is -4.56. The van der Waals surface area contributed by atoms with Crippen molar-refractivity contribution in [1.29, 1.82) is 0 Å². The number of ether oxygens (including phenoxy) is 2. The maximum Gasteiger partial charge on any atom is 0.416 e. The molecule has 4 rings (SSSR count). The Labute approximate surface area is 217 Å². The maximum absolute atomic E-state index is 13.2. The third kappa shape index (κ3) is 6.99. The summed E-state index contributed by atoms with van der Waals surface area (Å²) in [4.78, 5) is 39.3. The molecule has 0 bridgehead atoms. The Morgan fingerprint density at radius 3 is 2.50 bits per heavy atom. The van der Waals surface area contributed by atoms with E-state index in [1.807, 2.05) is 0 Å². The second-order valence-electron chi connectivity index (χ2n) is 7.43. The molecule has 2 aromatic carbocycles. The molecule has 0 radical (unpaired) electrons. The highest BCUT2D eigenvalue weighted by atomic mass is 35.5. The summed E-state index contributed by atoms with van der Waals surface area (Å²) in [6.07, 6.45) is -5.34. The first-order valence-corrected chi connectivity index (χ1v) is 12.0. The lowest BCUT2D eigenvalue weighted by Crippen LogP contribution is -2.25. The predicted molar refractivity (Wildman–Crippen MR) is 130 cm³/mol. The largest absolute Gasteiger partial charge is 0.489 e. The SMILES string of the molecule is Cl.O=C1NC(=O)C(Cc2ccc(OC[C@H](OC(=O)c3cscn3)c3cccc(C(F)(F)F)c3)cc2)S1. The molecule has 190 valence electrons. The number of benzene rings is 2. The van der Waals surface area contributed by atoms with Crippen molar-refractivity contribution in [3.63, 3.8) is 0 Å². The van der Waals surface area contributed by atoms with Crippen LogP contribution in [0, 0.1) is 0 Å². The van der Waals surface area contributed by atoms with E-state index < -0.39 is 29.1 Å². The second kappa shape index (κ2) is 11.8. The lowest BCUT2D eigenvalue weighted by Gasteiger charge is -2.20. The van der Waals surface area contributed by atoms with Crippen LogP contribution >= 0.6 is 35.5 Å². The molecule has 1 aliphatic heterocycles. The number of nitrogens with zero attached hydrogens (tertiary/aromatic N) is 1. The van der Waals surface area contributed by atoms with Crippen molar-refractivity contribution in [3.8, 4) is 5.75 Å². The van der Waals surface area contributed by atoms with Gasteiger partial charge in [0.1, 0.15) is 12.4 Å². The molecule has 1 aliphatic rings. The van der Waals surface area contributed by atoms with Crippen molar-refractivity contribution in [2.75, 3.05) is 6.61 Å². The normalized spacial score (nSPS) is 16.1. The van der Waals surface area contributed by atoms with E-state index in [1.54, 1.807) is 24.3 Å². The van der Waals surface area contributed by atoms with Crippen molar-refractivity contribution in [2.24, 2.45) is 0 Å². The van der Waals surface area contributed by atoms with E-state index in [0.29, 0.717) is 12.2 Å². The first kappa shape index (κ1) is 27.5. The monoisotopic (exact) mass is 558 g/mol. The van der Waals surface area contributed by atoms with E-state index in [-0.39, 0.29) is 41.4 Å². The van der Waals surface area contributed by atoms with Crippen LogP contribution in [-0.2, 0) is 22.1 Å². The molecular formula is C23H18ClF3N2O5S2. The average Bonchev–Trinajstić information content (AvgIpc) is 3.47. The van der Waals surface area contributed by atoms with Crippen LogP contribution in [-0.4, -0.2) is 34.0 Å². The van der Waals surface area contributed by atoms with Crippen molar-refractivity contribution >= 4 is 52.6 Å². The van der Waals surface area contributed by atoms with Gasteiger partial charge in [0.25, 0.3) is 5.24 Å². The van der Waals surface area contributed by atoms with Gasteiger partial charge in [0.2, 0.25) is 5.91 Å². The molecule has 36 heavy (non-hydrogen) atoms. The Balaban J connectivity index is 0.00000361. The first-order valence-electron chi connectivity index (χ1n) is 10.2. The molecule has 0 aliphatic carbocycles. The van der Waals surface area contributed by atoms with Crippen LogP contribution in [0.15, 0.2) is 59.4 Å². The fourth-order valence-corrected chi connectivity index (χ4v) is 4.63. The van der Waals surface area contributed by atoms with Crippen LogP contribution in [0.1, 0.15) is 33.3 Å². The highest BCUT2D eigenvalue weighted by Gasteiger charge is 2.32. The van der Waals surface area contributed by atoms with Crippen LogP contribution in [0.4, 0.5) is 18.0 Å². The van der Waals surface area contributed by atoms with Crippen LogP contribution in [0.25, 0.3) is 0 Å². The van der Waals surface area contributed by atoms with Crippen LogP contribution in [0.5, 0.6) is 5.75 Å². The molecule has 1 saturated heterocycles. The number of amides is 2. The zero-order valence-corrected chi connectivity index (χ0v) is 20.6. The number of carbonyl (C=O) groups is 3. The lowest BCUT2D eigenvalue weighted by atomic mass is 10.1. The van der Waals surface area contributed by atoms with E-state index in [4.69, 9.17) is 9.47 Å². The fourth-order valence-electron chi connectivity index (χ4n) is 3.25. The van der Waals surface area contributed by atoms with Crippen LogP contribution < -0.4 is 10.1 Å². The topological polar surface area (TPSA) is 94.6 Å². The van der Waals surface area contributed by atoms with E-state index in [1.165, 1.54) is 34.4 Å². The second-order valence-corrected chi connectivity index (χ2v) is 9.33. The van der Waals surface area contributed by atoms with Crippen LogP contribution in [0.3, 0.4) is 0 Å². The van der Waals surface area contributed by atoms with Gasteiger partial charge in [-0.1, -0.05) is 36.0 Å². The Hall–Kier alpha value is -3.09. The number of hydrogen-bond donors (Lipinski definition) is 1. The minimum Gasteiger partial charge on any atom is -0.489 e. The molecule has 3 aromatic rings. The fraction of sp³-hybridized carbons (Fsp3) is 0.217. The summed E-state index contributed by atoms with van der Waals surface area (Å²) >= 11 is 2.11. The van der Waals surface area contributed by atoms with Crippen molar-refractivity contribution < 1.29 is 37.0 Å². The number of esters is 1. The zero-order valence-electron chi connectivity index (χ0n) is 18.2. The molecule has 0 spiro atoms. The summed E-state index contributed by atoms with van der Waals surface area (Å²) in [6.45, 7) is -0.244. The Morgan fingerprint density at radius 1 is 1.14 bits per heavy atom. The molecule has 2 atom stereocenters. The number of hydrogen-bond acceptors (Lipinski definition) is 8. The number of halogens is 4. The zero-order chi connectivity index (χ0) is 25.0. The van der Waals surface area contributed by atoms with E-state index >= 15 is 0 Å². The van der Waals surface area contributed by atoms with Gasteiger partial charge in [0, 0.05) is 5.38 Å². The molecule has 0 saturated carbocycles. The average molecular weight is 559 g/mol. The number of alkyl halides is 3. The van der Waals surface area contributed by atoms with E-state index in [0.717, 1.165) is 29.5 Å². The molecule has 2 amide bonds. The predicted octanol–water partition coefficient (Wildman–Crippen LogP) is 5.45. The third-order valence-corrected chi connectivity index (χ3v) is 6.56. The van der Waals surface area contributed by atoms with Crippen molar-refractivity contribution in [2.45, 2.75) is 24.0 Å². The van der Waals surface area contributed by atoms with Gasteiger partial charge in [-0.25, -0.2) is 9.78 Å². The highest BCUT2D eigenvalue weighted by molar-refractivity contribution is 8.15. The Morgan fingerprint density at radius 2 is 1.89 bits per heavy atom. The molecule has 13 heteroatoms. The quantitative estimate of drug-likeness (QED) is 0.367. The Kier molecular flexibility index (Phi) is 8.98. The Bertz CT molecular complexity index is 1220. The molecule has 1 fully saturated rings. The number of aromatic nitrogens is 1. The van der Waals surface area contributed by atoms with E-state index in [9.17, 15) is 27.6 Å². The summed E-state index contributed by atoms with van der Waals surface area (Å²) < 4.78 is 50.8. The number of imide groups is 1. The van der Waals surface area contributed by atoms with Gasteiger partial charge >= 0.3 is 12.1 Å². The van der Waals surface area contributed by atoms with E-state index in [2.05, 4.69) is 10.3 Å². The molecule has 1 aromatic heterocycles. The maximum atomic E-state index is 13.2. The molecule has 1 N–H and O–H groups in total.